The molecule has 0 aliphatic carbocycles. The highest BCUT2D eigenvalue weighted by molar-refractivity contribution is 5.80. The first-order valence-corrected chi connectivity index (χ1v) is 9.98. The highest BCUT2D eigenvalue weighted by atomic mass is 16.5. The zero-order chi connectivity index (χ0) is 20.9. The predicted molar refractivity (Wildman–Crippen MR) is 114 cm³/mol. The third kappa shape index (κ3) is 4.27. The molecule has 0 bridgehead atoms. The lowest BCUT2D eigenvalue weighted by molar-refractivity contribution is -0.125. The van der Waals surface area contributed by atoms with E-state index in [1.165, 1.54) is 0 Å². The molecule has 1 unspecified atom stereocenters. The van der Waals surface area contributed by atoms with Gasteiger partial charge in [0.15, 0.2) is 5.65 Å². The Hall–Kier alpha value is -3.42. The molecule has 8 heteroatoms. The highest BCUT2D eigenvalue weighted by Crippen LogP contribution is 2.26. The Morgan fingerprint density at radius 3 is 2.87 bits per heavy atom. The number of nitrogens with zero attached hydrogens (tertiary/aromatic N) is 4. The maximum Gasteiger partial charge on any atom is 0.225 e. The molecule has 1 aliphatic rings. The van der Waals surface area contributed by atoms with Crippen molar-refractivity contribution in [3.05, 3.63) is 48.4 Å². The highest BCUT2D eigenvalue weighted by Gasteiger charge is 2.26. The molecule has 1 amide bonds. The smallest absolute Gasteiger partial charge is 0.225 e. The molecule has 8 nitrogen and oxygen atoms in total. The van der Waals surface area contributed by atoms with Gasteiger partial charge in [0.1, 0.15) is 17.0 Å². The van der Waals surface area contributed by atoms with Crippen LogP contribution in [0.25, 0.3) is 11.2 Å². The van der Waals surface area contributed by atoms with Crippen LogP contribution in [0.2, 0.25) is 0 Å². The number of hydrogen-bond acceptors (Lipinski definition) is 7. The quantitative estimate of drug-likeness (QED) is 0.672. The molecule has 1 fully saturated rings. The van der Waals surface area contributed by atoms with Crippen LogP contribution in [-0.2, 0) is 11.3 Å². The Morgan fingerprint density at radius 1 is 1.17 bits per heavy atom. The Kier molecular flexibility index (Phi) is 5.92. The zero-order valence-corrected chi connectivity index (χ0v) is 17.2. The number of ether oxygens (including phenoxy) is 2. The standard InChI is InChI=1S/C22H25N5O3/c1-29-18-6-5-15(20(11-18)30-2)12-26-22(28)16-4-3-9-27(14-16)17-10-19-21(25-13-17)24-8-7-23-19/h5-8,10-11,13,16H,3-4,9,12,14H2,1-2H3,(H,26,28). The average molecular weight is 407 g/mol. The molecule has 3 heterocycles. The van der Waals surface area contributed by atoms with Crippen molar-refractivity contribution in [2.24, 2.45) is 5.92 Å². The maximum absolute atomic E-state index is 12.8. The number of aromatic nitrogens is 3. The van der Waals surface area contributed by atoms with Crippen LogP contribution < -0.4 is 19.7 Å². The third-order valence-electron chi connectivity index (χ3n) is 5.41. The number of amides is 1. The Bertz CT molecular complexity index is 1040. The van der Waals surface area contributed by atoms with Gasteiger partial charge in [-0.3, -0.25) is 9.78 Å². The molecule has 0 radical (unpaired) electrons. The Morgan fingerprint density at radius 2 is 2.03 bits per heavy atom. The number of carbonyl (C=O) groups is 1. The van der Waals surface area contributed by atoms with Crippen LogP contribution in [0.3, 0.4) is 0 Å². The van der Waals surface area contributed by atoms with Gasteiger partial charge < -0.3 is 19.7 Å². The lowest BCUT2D eigenvalue weighted by atomic mass is 9.96. The minimum absolute atomic E-state index is 0.0473. The summed E-state index contributed by atoms with van der Waals surface area (Å²) in [5.41, 5.74) is 3.27. The van der Waals surface area contributed by atoms with Crippen LogP contribution in [0.1, 0.15) is 18.4 Å². The van der Waals surface area contributed by atoms with Crippen molar-refractivity contribution >= 4 is 22.8 Å². The minimum atomic E-state index is -0.0828. The first kappa shape index (κ1) is 19.9. The first-order chi connectivity index (χ1) is 14.7. The number of nitrogens with one attached hydrogen (secondary N) is 1. The maximum atomic E-state index is 12.8. The van der Waals surface area contributed by atoms with Crippen LogP contribution in [0, 0.1) is 5.92 Å². The van der Waals surface area contributed by atoms with Crippen molar-refractivity contribution in [3.8, 4) is 11.5 Å². The number of piperidine rings is 1. The molecule has 1 aromatic carbocycles. The van der Waals surface area contributed by atoms with Crippen molar-refractivity contribution in [2.45, 2.75) is 19.4 Å². The number of rotatable bonds is 6. The van der Waals surface area contributed by atoms with Crippen LogP contribution in [0.5, 0.6) is 11.5 Å². The van der Waals surface area contributed by atoms with Crippen LogP contribution >= 0.6 is 0 Å². The summed E-state index contributed by atoms with van der Waals surface area (Å²) in [5, 5.41) is 3.06. The number of hydrogen-bond donors (Lipinski definition) is 1. The summed E-state index contributed by atoms with van der Waals surface area (Å²) in [5.74, 6) is 1.38. The molecule has 3 aromatic rings. The predicted octanol–water partition coefficient (Wildman–Crippen LogP) is 2.57. The molecule has 2 aromatic heterocycles. The summed E-state index contributed by atoms with van der Waals surface area (Å²) in [6, 6.07) is 7.58. The number of fused-ring (bicyclic) bond motifs is 1. The first-order valence-electron chi connectivity index (χ1n) is 9.98. The van der Waals surface area contributed by atoms with Gasteiger partial charge in [-0.15, -0.1) is 0 Å². The average Bonchev–Trinajstić information content (AvgIpc) is 2.82. The van der Waals surface area contributed by atoms with Gasteiger partial charge in [0.2, 0.25) is 5.91 Å². The summed E-state index contributed by atoms with van der Waals surface area (Å²) in [7, 11) is 3.23. The number of pyridine rings is 1. The fourth-order valence-electron chi connectivity index (χ4n) is 3.77. The molecule has 1 atom stereocenters. The van der Waals surface area contributed by atoms with Crippen molar-refractivity contribution < 1.29 is 14.3 Å². The second-order valence-corrected chi connectivity index (χ2v) is 7.27. The number of methoxy groups -OCH3 is 2. The SMILES string of the molecule is COc1ccc(CNC(=O)C2CCCN(c3cnc4nccnc4c3)C2)c(OC)c1. The summed E-state index contributed by atoms with van der Waals surface area (Å²) >= 11 is 0. The minimum Gasteiger partial charge on any atom is -0.497 e. The third-order valence-corrected chi connectivity index (χ3v) is 5.41. The van der Waals surface area contributed by atoms with E-state index in [2.05, 4.69) is 25.2 Å². The lowest BCUT2D eigenvalue weighted by Crippen LogP contribution is -2.43. The van der Waals surface area contributed by atoms with E-state index in [9.17, 15) is 4.79 Å². The second-order valence-electron chi connectivity index (χ2n) is 7.27. The van der Waals surface area contributed by atoms with E-state index in [1.54, 1.807) is 32.8 Å². The van der Waals surface area contributed by atoms with E-state index in [4.69, 9.17) is 9.47 Å². The molecule has 1 N–H and O–H groups in total. The van der Waals surface area contributed by atoms with E-state index in [0.29, 0.717) is 24.5 Å². The van der Waals surface area contributed by atoms with E-state index < -0.39 is 0 Å². The Balaban J connectivity index is 1.41. The summed E-state index contributed by atoms with van der Waals surface area (Å²) in [6.07, 6.45) is 6.91. The molecule has 30 heavy (non-hydrogen) atoms. The van der Waals surface area contributed by atoms with Gasteiger partial charge in [-0.05, 0) is 31.0 Å². The van der Waals surface area contributed by atoms with Gasteiger partial charge in [-0.1, -0.05) is 0 Å². The van der Waals surface area contributed by atoms with E-state index >= 15 is 0 Å². The zero-order valence-electron chi connectivity index (χ0n) is 17.2. The molecule has 4 rings (SSSR count). The van der Waals surface area contributed by atoms with Gasteiger partial charge in [-0.2, -0.15) is 0 Å². The lowest BCUT2D eigenvalue weighted by Gasteiger charge is -2.33. The van der Waals surface area contributed by atoms with Crippen LogP contribution in [0.4, 0.5) is 5.69 Å². The molecule has 1 saturated heterocycles. The Labute approximate surface area is 175 Å². The van der Waals surface area contributed by atoms with Gasteiger partial charge in [0.25, 0.3) is 0 Å². The fourth-order valence-corrected chi connectivity index (χ4v) is 3.77. The van der Waals surface area contributed by atoms with Gasteiger partial charge >= 0.3 is 0 Å². The molecular formula is C22H25N5O3. The van der Waals surface area contributed by atoms with Crippen molar-refractivity contribution in [2.75, 3.05) is 32.2 Å². The monoisotopic (exact) mass is 407 g/mol. The van der Waals surface area contributed by atoms with Crippen LogP contribution in [-0.4, -0.2) is 48.2 Å². The van der Waals surface area contributed by atoms with Crippen LogP contribution in [0.15, 0.2) is 42.9 Å². The molecule has 156 valence electrons. The second kappa shape index (κ2) is 8.94. The number of anilines is 1. The largest absolute Gasteiger partial charge is 0.497 e. The topological polar surface area (TPSA) is 89.5 Å². The molecule has 0 saturated carbocycles. The van der Waals surface area contributed by atoms with Gasteiger partial charge in [0.05, 0.1) is 32.0 Å². The number of carbonyl (C=O) groups excluding carboxylic acids is 1. The van der Waals surface area contributed by atoms with E-state index in [1.807, 2.05) is 24.3 Å². The number of benzene rings is 1. The molecule has 1 aliphatic heterocycles. The van der Waals surface area contributed by atoms with E-state index in [0.717, 1.165) is 41.9 Å². The fraction of sp³-hybridized carbons (Fsp3) is 0.364. The van der Waals surface area contributed by atoms with Crippen molar-refractivity contribution in [1.29, 1.82) is 0 Å². The summed E-state index contributed by atoms with van der Waals surface area (Å²) in [6.45, 7) is 1.96. The van der Waals surface area contributed by atoms with E-state index in [-0.39, 0.29) is 11.8 Å². The summed E-state index contributed by atoms with van der Waals surface area (Å²) < 4.78 is 10.6. The molecule has 0 spiro atoms. The normalized spacial score (nSPS) is 16.3. The summed E-state index contributed by atoms with van der Waals surface area (Å²) in [4.78, 5) is 28.0. The van der Waals surface area contributed by atoms with Crippen molar-refractivity contribution in [3.63, 3.8) is 0 Å². The van der Waals surface area contributed by atoms with Crippen molar-refractivity contribution in [1.82, 2.24) is 20.3 Å². The van der Waals surface area contributed by atoms with Gasteiger partial charge in [-0.25, -0.2) is 9.97 Å². The molecular weight excluding hydrogens is 382 g/mol. The van der Waals surface area contributed by atoms with Gasteiger partial charge in [0, 0.05) is 43.7 Å².